The summed E-state index contributed by atoms with van der Waals surface area (Å²) < 4.78 is 11.3. The number of hydrogen-bond acceptors (Lipinski definition) is 6. The summed E-state index contributed by atoms with van der Waals surface area (Å²) in [5.74, 6) is 0.346. The molecule has 0 aliphatic carbocycles. The average molecular weight is 690 g/mol. The fraction of sp³-hybridized carbons (Fsp3) is 0.0811. The van der Waals surface area contributed by atoms with Gasteiger partial charge in [-0.2, -0.15) is 5.10 Å². The van der Waals surface area contributed by atoms with Crippen molar-refractivity contribution in [1.29, 1.82) is 0 Å². The van der Waals surface area contributed by atoms with E-state index >= 15 is 0 Å². The highest BCUT2D eigenvalue weighted by atomic mass is 35.5. The number of rotatable bonds is 8. The number of hydrogen-bond donors (Lipinski definition) is 0. The maximum absolute atomic E-state index is 14.0. The van der Waals surface area contributed by atoms with E-state index in [0.29, 0.717) is 39.4 Å². The minimum absolute atomic E-state index is 0.238. The lowest BCUT2D eigenvalue weighted by atomic mass is 10.1. The predicted octanol–water partition coefficient (Wildman–Crippen LogP) is 7.98. The number of benzene rings is 4. The van der Waals surface area contributed by atoms with E-state index in [2.05, 4.69) is 0 Å². The van der Waals surface area contributed by atoms with Crippen molar-refractivity contribution >= 4 is 57.6 Å². The van der Waals surface area contributed by atoms with Crippen LogP contribution in [0, 0.1) is 6.92 Å². The molecule has 1 amide bonds. The van der Waals surface area contributed by atoms with E-state index < -0.39 is 0 Å². The van der Waals surface area contributed by atoms with Gasteiger partial charge in [-0.3, -0.25) is 19.2 Å². The number of aromatic nitrogens is 4. The monoisotopic (exact) mass is 689 g/mol. The van der Waals surface area contributed by atoms with Crippen LogP contribution in [0.3, 0.4) is 0 Å². The Morgan fingerprint density at radius 3 is 2.19 bits per heavy atom. The first-order valence-electron chi connectivity index (χ1n) is 15.0. The quantitative estimate of drug-likeness (QED) is 0.119. The molecule has 3 heterocycles. The second kappa shape index (κ2) is 13.2. The number of ether oxygens (including phenoxy) is 1. The van der Waals surface area contributed by atoms with Gasteiger partial charge >= 0.3 is 0 Å². The average Bonchev–Trinajstić information content (AvgIpc) is 3.72. The van der Waals surface area contributed by atoms with Gasteiger partial charge in [0.2, 0.25) is 0 Å². The molecule has 11 heteroatoms. The maximum Gasteiger partial charge on any atom is 0.296 e. The van der Waals surface area contributed by atoms with Gasteiger partial charge < -0.3 is 4.74 Å². The van der Waals surface area contributed by atoms with Crippen LogP contribution in [0.15, 0.2) is 125 Å². The molecule has 1 fully saturated rings. The summed E-state index contributed by atoms with van der Waals surface area (Å²) in [4.78, 5) is 29.5. The molecule has 0 atom stereocenters. The van der Waals surface area contributed by atoms with Crippen LogP contribution in [0.25, 0.3) is 28.7 Å². The summed E-state index contributed by atoms with van der Waals surface area (Å²) in [6.45, 7) is 2.22. The number of halogens is 1. The van der Waals surface area contributed by atoms with Crippen molar-refractivity contribution in [2.24, 2.45) is 7.05 Å². The number of thioether (sulfide) groups is 1. The van der Waals surface area contributed by atoms with Crippen LogP contribution < -0.4 is 15.2 Å². The summed E-state index contributed by atoms with van der Waals surface area (Å²) in [7, 11) is 1.79. The van der Waals surface area contributed by atoms with E-state index in [9.17, 15) is 9.59 Å². The Balaban J connectivity index is 1.22. The highest BCUT2D eigenvalue weighted by Crippen LogP contribution is 2.38. The van der Waals surface area contributed by atoms with Crippen molar-refractivity contribution in [2.75, 3.05) is 4.90 Å². The van der Waals surface area contributed by atoms with Gasteiger partial charge in [0.05, 0.1) is 27.7 Å². The molecule has 1 saturated heterocycles. The molecule has 4 aromatic carbocycles. The summed E-state index contributed by atoms with van der Waals surface area (Å²) in [6, 6.07) is 34.3. The lowest BCUT2D eigenvalue weighted by Gasteiger charge is -2.12. The lowest BCUT2D eigenvalue weighted by molar-refractivity contribution is -0.113. The standard InChI is InChI=1S/C37H28ClN5O3S2/c1-24-34(36(45)43(40(24)2)30-11-7-4-8-12-30)42-35(44)32(48-37(42)47)21-27-22-41(29-9-5-3-6-10-29)39-33(27)26-15-19-31(20-16-26)46-23-25-13-17-28(38)18-14-25/h3-22H,23H2,1-2H3. The van der Waals surface area contributed by atoms with E-state index in [1.54, 1.807) is 22.5 Å². The second-order valence-electron chi connectivity index (χ2n) is 11.1. The minimum atomic E-state index is -0.361. The summed E-state index contributed by atoms with van der Waals surface area (Å²) in [5, 5.41) is 5.60. The van der Waals surface area contributed by atoms with Gasteiger partial charge in [0, 0.05) is 29.4 Å². The number of carbonyl (C=O) groups excluding carboxylic acids is 1. The van der Waals surface area contributed by atoms with Crippen molar-refractivity contribution in [2.45, 2.75) is 13.5 Å². The van der Waals surface area contributed by atoms with Crippen molar-refractivity contribution in [3.63, 3.8) is 0 Å². The maximum atomic E-state index is 14.0. The first-order chi connectivity index (χ1) is 23.3. The van der Waals surface area contributed by atoms with Gasteiger partial charge in [0.25, 0.3) is 11.5 Å². The Morgan fingerprint density at radius 2 is 1.52 bits per heavy atom. The van der Waals surface area contributed by atoms with E-state index in [4.69, 9.17) is 33.7 Å². The number of thiocarbonyl (C=S) groups is 1. The van der Waals surface area contributed by atoms with Crippen LogP contribution in [0.4, 0.5) is 5.69 Å². The summed E-state index contributed by atoms with van der Waals surface area (Å²) >= 11 is 12.9. The SMILES string of the molecule is Cc1c(N2C(=O)C(=Cc3cn(-c4ccccc4)nc3-c3ccc(OCc4ccc(Cl)cc4)cc3)SC2=S)c(=O)n(-c2ccccc2)n1C. The van der Waals surface area contributed by atoms with E-state index in [-0.39, 0.29) is 21.5 Å². The molecular formula is C37H28ClN5O3S2. The first-order valence-corrected chi connectivity index (χ1v) is 16.6. The zero-order valence-corrected chi connectivity index (χ0v) is 28.3. The van der Waals surface area contributed by atoms with Gasteiger partial charge in [-0.15, -0.1) is 0 Å². The Morgan fingerprint density at radius 1 is 0.875 bits per heavy atom. The largest absolute Gasteiger partial charge is 0.489 e. The normalized spacial score (nSPS) is 13.9. The van der Waals surface area contributed by atoms with Crippen LogP contribution in [-0.4, -0.2) is 29.4 Å². The third-order valence-electron chi connectivity index (χ3n) is 8.04. The molecule has 48 heavy (non-hydrogen) atoms. The van der Waals surface area contributed by atoms with Gasteiger partial charge in [-0.05, 0) is 79.2 Å². The van der Waals surface area contributed by atoms with Crippen molar-refractivity contribution in [3.05, 3.63) is 152 Å². The predicted molar refractivity (Wildman–Crippen MR) is 196 cm³/mol. The third kappa shape index (κ3) is 6.01. The highest BCUT2D eigenvalue weighted by molar-refractivity contribution is 8.27. The molecule has 8 nitrogen and oxygen atoms in total. The minimum Gasteiger partial charge on any atom is -0.489 e. The molecule has 238 valence electrons. The molecule has 0 saturated carbocycles. The molecule has 7 rings (SSSR count). The fourth-order valence-corrected chi connectivity index (χ4v) is 6.89. The van der Waals surface area contributed by atoms with E-state index in [1.165, 1.54) is 9.58 Å². The first kappa shape index (κ1) is 31.4. The van der Waals surface area contributed by atoms with Crippen molar-refractivity contribution in [1.82, 2.24) is 19.1 Å². The van der Waals surface area contributed by atoms with E-state index in [0.717, 1.165) is 34.1 Å². The molecule has 0 bridgehead atoms. The number of carbonyl (C=O) groups is 1. The molecule has 0 spiro atoms. The van der Waals surface area contributed by atoms with Crippen LogP contribution in [0.5, 0.6) is 5.75 Å². The fourth-order valence-electron chi connectivity index (χ4n) is 5.50. The van der Waals surface area contributed by atoms with Crippen LogP contribution in [0.1, 0.15) is 16.8 Å². The summed E-state index contributed by atoms with van der Waals surface area (Å²) in [5.41, 5.74) is 5.35. The Hall–Kier alpha value is -5.16. The highest BCUT2D eigenvalue weighted by Gasteiger charge is 2.38. The molecule has 0 radical (unpaired) electrons. The second-order valence-corrected chi connectivity index (χ2v) is 13.2. The molecule has 0 unspecified atom stereocenters. The molecule has 1 aliphatic rings. The number of amides is 1. The molecule has 0 N–H and O–H groups in total. The van der Waals surface area contributed by atoms with Crippen LogP contribution in [-0.2, 0) is 18.4 Å². The van der Waals surface area contributed by atoms with Crippen LogP contribution in [0.2, 0.25) is 5.02 Å². The Kier molecular flexibility index (Phi) is 8.62. The third-order valence-corrected chi connectivity index (χ3v) is 9.59. The number of nitrogens with zero attached hydrogens (tertiary/aromatic N) is 5. The van der Waals surface area contributed by atoms with Crippen molar-refractivity contribution < 1.29 is 9.53 Å². The van der Waals surface area contributed by atoms with Gasteiger partial charge in [-0.25, -0.2) is 9.36 Å². The molecule has 6 aromatic rings. The van der Waals surface area contributed by atoms with Crippen molar-refractivity contribution in [3.8, 4) is 28.4 Å². The molecule has 1 aliphatic heterocycles. The molecule has 2 aromatic heterocycles. The van der Waals surface area contributed by atoms with Gasteiger partial charge in [0.1, 0.15) is 18.0 Å². The lowest BCUT2D eigenvalue weighted by Crippen LogP contribution is -2.33. The zero-order chi connectivity index (χ0) is 33.4. The van der Waals surface area contributed by atoms with Gasteiger partial charge in [-0.1, -0.05) is 84.1 Å². The topological polar surface area (TPSA) is 74.3 Å². The van der Waals surface area contributed by atoms with Gasteiger partial charge in [0.15, 0.2) is 4.32 Å². The number of anilines is 1. The smallest absolute Gasteiger partial charge is 0.296 e. The summed E-state index contributed by atoms with van der Waals surface area (Å²) in [6.07, 6.45) is 3.68. The van der Waals surface area contributed by atoms with Crippen LogP contribution >= 0.6 is 35.6 Å². The van der Waals surface area contributed by atoms with E-state index in [1.807, 2.05) is 122 Å². The number of para-hydroxylation sites is 2. The Bertz CT molecular complexity index is 2240. The zero-order valence-electron chi connectivity index (χ0n) is 25.9. The molecular weight excluding hydrogens is 662 g/mol. The Labute approximate surface area is 291 Å².